The summed E-state index contributed by atoms with van der Waals surface area (Å²) in [6, 6.07) is 8.89. The summed E-state index contributed by atoms with van der Waals surface area (Å²) in [5, 5.41) is 3.26. The third kappa shape index (κ3) is 4.34. The van der Waals surface area contributed by atoms with Crippen molar-refractivity contribution in [2.75, 3.05) is 23.7 Å². The van der Waals surface area contributed by atoms with Crippen LogP contribution in [0.15, 0.2) is 23.2 Å². The van der Waals surface area contributed by atoms with Crippen LogP contribution in [0.25, 0.3) is 10.9 Å². The van der Waals surface area contributed by atoms with Gasteiger partial charge in [-0.25, -0.2) is 0 Å². The molecule has 0 amide bonds. The van der Waals surface area contributed by atoms with Crippen LogP contribution < -0.4 is 4.90 Å². The van der Waals surface area contributed by atoms with Crippen molar-refractivity contribution in [2.45, 2.75) is 95.3 Å². The monoisotopic (exact) mass is 484 g/mol. The Morgan fingerprint density at radius 3 is 2.33 bits per heavy atom. The number of halogens is 1. The van der Waals surface area contributed by atoms with Gasteiger partial charge in [-0.3, -0.25) is 9.89 Å². The predicted molar refractivity (Wildman–Crippen MR) is 143 cm³/mol. The molecule has 3 fully saturated rings. The third-order valence-electron chi connectivity index (χ3n) is 8.56. The Kier molecular flexibility index (Phi) is 6.40. The average molecular weight is 485 g/mol. The van der Waals surface area contributed by atoms with E-state index in [1.165, 1.54) is 105 Å². The number of anilines is 1. The minimum absolute atomic E-state index is 0.394. The number of nitrogens with one attached hydrogen (secondary N) is 1. The molecule has 4 nitrogen and oxygen atoms in total. The van der Waals surface area contributed by atoms with Crippen LogP contribution in [0, 0.1) is 0 Å². The highest BCUT2D eigenvalue weighted by atomic mass is 35.5. The highest BCUT2D eigenvalue weighted by Crippen LogP contribution is 2.41. The van der Waals surface area contributed by atoms with E-state index >= 15 is 0 Å². The third-order valence-corrected chi connectivity index (χ3v) is 9.89. The summed E-state index contributed by atoms with van der Waals surface area (Å²) in [4.78, 5) is 14.4. The zero-order chi connectivity index (χ0) is 22.4. The van der Waals surface area contributed by atoms with Crippen LogP contribution >= 0.6 is 23.4 Å². The van der Waals surface area contributed by atoms with Crippen LogP contribution in [0.2, 0.25) is 5.02 Å². The summed E-state index contributed by atoms with van der Waals surface area (Å²) >= 11 is 8.63. The molecule has 0 spiro atoms. The quantitative estimate of drug-likeness (QED) is 0.486. The summed E-state index contributed by atoms with van der Waals surface area (Å²) in [7, 11) is 0. The van der Waals surface area contributed by atoms with Crippen LogP contribution in [0.4, 0.5) is 5.69 Å². The minimum atomic E-state index is 0.394. The molecule has 2 saturated carbocycles. The number of nitrogens with zero attached hydrogens (tertiary/aromatic N) is 3. The van der Waals surface area contributed by atoms with Crippen molar-refractivity contribution in [3.05, 3.63) is 28.9 Å². The van der Waals surface area contributed by atoms with Gasteiger partial charge in [0.25, 0.3) is 0 Å². The van der Waals surface area contributed by atoms with E-state index in [4.69, 9.17) is 16.6 Å². The van der Waals surface area contributed by atoms with Gasteiger partial charge < -0.3 is 9.88 Å². The lowest BCUT2D eigenvalue weighted by atomic mass is 10.1. The topological polar surface area (TPSA) is 34.6 Å². The fraction of sp³-hybridized carbons (Fsp3) is 0.667. The Balaban J connectivity index is 1.34. The van der Waals surface area contributed by atoms with Crippen molar-refractivity contribution in [1.29, 1.82) is 0 Å². The van der Waals surface area contributed by atoms with Crippen molar-refractivity contribution < 1.29 is 0 Å². The minimum Gasteiger partial charge on any atom is -0.364 e. The lowest BCUT2D eigenvalue weighted by Crippen LogP contribution is -2.41. The maximum Gasteiger partial charge on any atom is 0.114 e. The number of aliphatic imine (C=N–C) groups is 1. The molecule has 1 saturated heterocycles. The van der Waals surface area contributed by atoms with Crippen molar-refractivity contribution in [3.63, 3.8) is 0 Å². The molecule has 2 aliphatic carbocycles. The Hall–Kier alpha value is -1.17. The summed E-state index contributed by atoms with van der Waals surface area (Å²) in [6.07, 6.45) is 13.4. The molecule has 0 radical (unpaired) electrons. The molecule has 2 atom stereocenters. The second-order valence-electron chi connectivity index (χ2n) is 10.7. The van der Waals surface area contributed by atoms with Crippen LogP contribution in [-0.2, 0) is 0 Å². The largest absolute Gasteiger partial charge is 0.364 e. The van der Waals surface area contributed by atoms with Gasteiger partial charge in [-0.1, -0.05) is 37.3 Å². The smallest absolute Gasteiger partial charge is 0.114 e. The highest BCUT2D eigenvalue weighted by Gasteiger charge is 2.33. The normalized spacial score (nSPS) is 26.0. The van der Waals surface area contributed by atoms with Gasteiger partial charge in [0.2, 0.25) is 0 Å². The van der Waals surface area contributed by atoms with Gasteiger partial charge in [0.15, 0.2) is 0 Å². The van der Waals surface area contributed by atoms with Crippen molar-refractivity contribution >= 4 is 45.0 Å². The number of hydrogen-bond acceptors (Lipinski definition) is 4. The number of rotatable bonds is 6. The molecule has 1 aromatic heterocycles. The molecular formula is C27H37ClN4S. The Morgan fingerprint density at radius 1 is 1.00 bits per heavy atom. The number of thioether (sulfide) groups is 1. The van der Waals surface area contributed by atoms with E-state index < -0.39 is 0 Å². The van der Waals surface area contributed by atoms with Crippen LogP contribution in [0.1, 0.15) is 76.8 Å². The zero-order valence-electron chi connectivity index (χ0n) is 19.9. The van der Waals surface area contributed by atoms with Crippen LogP contribution in [-0.4, -0.2) is 57.9 Å². The molecule has 33 heavy (non-hydrogen) atoms. The van der Waals surface area contributed by atoms with Crippen LogP contribution in [0.3, 0.4) is 0 Å². The standard InChI is InChI=1S/C27H37ClN4S/c1-18(31-12-6-7-13-31)24-17-33-27(30-24)23-15-19-14-20(28)16-25(26(19)29-23)32(21-8-2-3-9-21)22-10-4-5-11-22/h14-16,18,21-22,24,29H,2-13,17H2,1H3/t18?,24-/m1/s1. The average Bonchev–Trinajstić information content (AvgIpc) is 3.63. The number of aromatic nitrogens is 1. The van der Waals surface area contributed by atoms with Gasteiger partial charge in [-0.05, 0) is 76.7 Å². The van der Waals surface area contributed by atoms with E-state index in [2.05, 4.69) is 39.9 Å². The predicted octanol–water partition coefficient (Wildman–Crippen LogP) is 6.86. The van der Waals surface area contributed by atoms with Gasteiger partial charge >= 0.3 is 0 Å². The van der Waals surface area contributed by atoms with Crippen LogP contribution in [0.5, 0.6) is 0 Å². The van der Waals surface area contributed by atoms with Gasteiger partial charge in [0, 0.05) is 34.3 Å². The number of hydrogen-bond donors (Lipinski definition) is 1. The van der Waals surface area contributed by atoms with Gasteiger partial charge in [-0.15, -0.1) is 11.8 Å². The second-order valence-corrected chi connectivity index (χ2v) is 12.1. The molecular weight excluding hydrogens is 448 g/mol. The first kappa shape index (κ1) is 22.3. The van der Waals surface area contributed by atoms with E-state index in [1.54, 1.807) is 0 Å². The summed E-state index contributed by atoms with van der Waals surface area (Å²) in [5.74, 6) is 1.09. The molecule has 1 N–H and O–H groups in total. The lowest BCUT2D eigenvalue weighted by molar-refractivity contribution is 0.237. The molecule has 2 aromatic rings. The SMILES string of the molecule is CC([C@H]1CSC(c2cc3cc(Cl)cc(N(C4CCCC4)C4CCCC4)c3[nH]2)=N1)N1CCCC1. The maximum atomic E-state index is 6.71. The molecule has 2 aliphatic heterocycles. The molecule has 4 aliphatic rings. The molecule has 178 valence electrons. The van der Waals surface area contributed by atoms with Crippen molar-refractivity contribution in [1.82, 2.24) is 9.88 Å². The summed E-state index contributed by atoms with van der Waals surface area (Å²) in [6.45, 7) is 4.84. The summed E-state index contributed by atoms with van der Waals surface area (Å²) < 4.78 is 0. The van der Waals surface area contributed by atoms with E-state index in [1.807, 2.05) is 11.8 Å². The number of fused-ring (bicyclic) bond motifs is 1. The van der Waals surface area contributed by atoms with Gasteiger partial charge in [0.05, 0.1) is 22.9 Å². The fourth-order valence-corrected chi connectivity index (χ4v) is 8.12. The van der Waals surface area contributed by atoms with Gasteiger partial charge in [0.1, 0.15) is 5.04 Å². The van der Waals surface area contributed by atoms with Gasteiger partial charge in [-0.2, -0.15) is 0 Å². The number of H-pyrrole nitrogens is 1. The first-order valence-corrected chi connectivity index (χ1v) is 14.6. The highest BCUT2D eigenvalue weighted by molar-refractivity contribution is 8.14. The molecule has 1 aromatic carbocycles. The maximum absolute atomic E-state index is 6.71. The first-order valence-electron chi connectivity index (χ1n) is 13.2. The molecule has 3 heterocycles. The van der Waals surface area contributed by atoms with Crippen molar-refractivity contribution in [2.24, 2.45) is 4.99 Å². The lowest BCUT2D eigenvalue weighted by Gasteiger charge is -2.37. The Morgan fingerprint density at radius 2 is 1.67 bits per heavy atom. The van der Waals surface area contributed by atoms with Crippen molar-refractivity contribution in [3.8, 4) is 0 Å². The number of benzene rings is 1. The number of aromatic amines is 1. The molecule has 6 heteroatoms. The van der Waals surface area contributed by atoms with E-state index in [0.29, 0.717) is 24.2 Å². The zero-order valence-corrected chi connectivity index (χ0v) is 21.4. The molecule has 1 unspecified atom stereocenters. The number of likely N-dealkylation sites (tertiary alicyclic amines) is 1. The fourth-order valence-electron chi connectivity index (χ4n) is 6.74. The molecule has 0 bridgehead atoms. The first-order chi connectivity index (χ1) is 16.2. The van der Waals surface area contributed by atoms with E-state index in [0.717, 1.165) is 10.8 Å². The summed E-state index contributed by atoms with van der Waals surface area (Å²) in [5.41, 5.74) is 3.76. The van der Waals surface area contributed by atoms with E-state index in [9.17, 15) is 0 Å². The Labute approximate surface area is 207 Å². The van der Waals surface area contributed by atoms with E-state index in [-0.39, 0.29) is 0 Å². The second kappa shape index (κ2) is 9.47. The Bertz CT molecular complexity index is 999. The molecule has 6 rings (SSSR count).